The third-order valence-electron chi connectivity index (χ3n) is 4.70. The highest BCUT2D eigenvalue weighted by Crippen LogP contribution is 2.40. The Morgan fingerprint density at radius 2 is 1.96 bits per heavy atom. The number of pyridine rings is 1. The van der Waals surface area contributed by atoms with Crippen molar-refractivity contribution in [2.24, 2.45) is 0 Å². The third kappa shape index (κ3) is 3.06. The minimum Gasteiger partial charge on any atom is -0.423 e. The molecule has 1 N–H and O–H groups in total. The predicted octanol–water partition coefficient (Wildman–Crippen LogP) is 4.41. The fraction of sp³-hybridized carbons (Fsp3) is 0.143. The lowest BCUT2D eigenvalue weighted by molar-refractivity contribution is 0.102. The van der Waals surface area contributed by atoms with E-state index in [1.807, 2.05) is 54.6 Å². The summed E-state index contributed by atoms with van der Waals surface area (Å²) in [6, 6.07) is 17.0. The van der Waals surface area contributed by atoms with E-state index < -0.39 is 0 Å². The average Bonchev–Trinajstić information content (AvgIpc) is 3.41. The Kier molecular flexibility index (Phi) is 3.67. The maximum Gasteiger partial charge on any atom is 0.256 e. The van der Waals surface area contributed by atoms with Crippen LogP contribution in [0, 0.1) is 0 Å². The van der Waals surface area contributed by atoms with Gasteiger partial charge in [-0.05, 0) is 43.2 Å². The number of nitrogens with zero attached hydrogens (tertiary/aromatic N) is 3. The quantitative estimate of drug-likeness (QED) is 0.585. The van der Waals surface area contributed by atoms with Crippen molar-refractivity contribution >= 4 is 22.5 Å². The minimum absolute atomic E-state index is 0.154. The maximum atomic E-state index is 13.0. The third-order valence-corrected chi connectivity index (χ3v) is 4.70. The zero-order valence-electron chi connectivity index (χ0n) is 14.4. The van der Waals surface area contributed by atoms with Gasteiger partial charge in [-0.1, -0.05) is 24.3 Å². The van der Waals surface area contributed by atoms with Gasteiger partial charge in [-0.15, -0.1) is 10.2 Å². The van der Waals surface area contributed by atoms with E-state index in [4.69, 9.17) is 9.40 Å². The van der Waals surface area contributed by atoms with Crippen LogP contribution in [0.3, 0.4) is 0 Å². The van der Waals surface area contributed by atoms with E-state index in [1.165, 1.54) is 6.39 Å². The molecular weight excluding hydrogens is 340 g/mol. The highest BCUT2D eigenvalue weighted by molar-refractivity contribution is 6.12. The van der Waals surface area contributed by atoms with Crippen molar-refractivity contribution in [2.45, 2.75) is 18.8 Å². The van der Waals surface area contributed by atoms with E-state index >= 15 is 0 Å². The molecule has 2 heterocycles. The Morgan fingerprint density at radius 3 is 2.78 bits per heavy atom. The Labute approximate surface area is 155 Å². The van der Waals surface area contributed by atoms with Crippen molar-refractivity contribution in [3.63, 3.8) is 0 Å². The van der Waals surface area contributed by atoms with Crippen LogP contribution in [0.15, 0.2) is 65.4 Å². The molecule has 1 aliphatic carbocycles. The van der Waals surface area contributed by atoms with Crippen molar-refractivity contribution in [2.75, 3.05) is 5.32 Å². The second-order valence-electron chi connectivity index (χ2n) is 6.66. The lowest BCUT2D eigenvalue weighted by Crippen LogP contribution is -2.13. The van der Waals surface area contributed by atoms with Crippen LogP contribution in [0.5, 0.6) is 0 Å². The smallest absolute Gasteiger partial charge is 0.256 e. The number of amides is 1. The van der Waals surface area contributed by atoms with E-state index in [0.29, 0.717) is 23.1 Å². The van der Waals surface area contributed by atoms with Gasteiger partial charge in [0.2, 0.25) is 12.3 Å². The lowest BCUT2D eigenvalue weighted by atomic mass is 10.0. The first-order valence-corrected chi connectivity index (χ1v) is 8.85. The van der Waals surface area contributed by atoms with Crippen molar-refractivity contribution < 1.29 is 9.21 Å². The van der Waals surface area contributed by atoms with Crippen molar-refractivity contribution in [3.8, 4) is 11.5 Å². The summed E-state index contributed by atoms with van der Waals surface area (Å²) in [5.74, 6) is 0.733. The van der Waals surface area contributed by atoms with E-state index in [-0.39, 0.29) is 5.91 Å². The zero-order chi connectivity index (χ0) is 18.2. The van der Waals surface area contributed by atoms with Crippen molar-refractivity contribution in [3.05, 3.63) is 72.2 Å². The molecule has 0 unspecified atom stereocenters. The molecule has 0 spiro atoms. The zero-order valence-corrected chi connectivity index (χ0v) is 14.4. The molecular formula is C21H16N4O2. The monoisotopic (exact) mass is 356 g/mol. The molecule has 2 aromatic carbocycles. The number of benzene rings is 2. The number of anilines is 1. The standard InChI is InChI=1S/C21H16N4O2/c26-20(23-15-5-3-4-14(10-15)21-25-22-12-27-21)17-11-19(13-8-9-13)24-18-7-2-1-6-16(17)18/h1-7,10-13H,8-9H2,(H,23,26). The molecule has 4 aromatic rings. The number of nitrogens with one attached hydrogen (secondary N) is 1. The molecule has 1 aliphatic rings. The average molecular weight is 356 g/mol. The molecule has 2 aromatic heterocycles. The first-order chi connectivity index (χ1) is 13.3. The maximum absolute atomic E-state index is 13.0. The molecule has 1 fully saturated rings. The van der Waals surface area contributed by atoms with E-state index in [2.05, 4.69) is 15.5 Å². The molecule has 0 radical (unpaired) electrons. The van der Waals surface area contributed by atoms with Gasteiger partial charge in [-0.25, -0.2) is 0 Å². The largest absolute Gasteiger partial charge is 0.423 e. The second kappa shape index (κ2) is 6.32. The van der Waals surface area contributed by atoms with Gasteiger partial charge >= 0.3 is 0 Å². The van der Waals surface area contributed by atoms with Crippen molar-refractivity contribution in [1.82, 2.24) is 15.2 Å². The number of carbonyl (C=O) groups excluding carboxylic acids is 1. The van der Waals surface area contributed by atoms with Crippen molar-refractivity contribution in [1.29, 1.82) is 0 Å². The number of carbonyl (C=O) groups is 1. The van der Waals surface area contributed by atoms with Crippen LogP contribution >= 0.6 is 0 Å². The summed E-state index contributed by atoms with van der Waals surface area (Å²) in [6.45, 7) is 0. The molecule has 6 heteroatoms. The number of para-hydroxylation sites is 1. The van der Waals surface area contributed by atoms with Crippen LogP contribution in [0.2, 0.25) is 0 Å². The summed E-state index contributed by atoms with van der Waals surface area (Å²) in [4.78, 5) is 17.8. The molecule has 132 valence electrons. The van der Waals surface area contributed by atoms with Crippen LogP contribution in [0.25, 0.3) is 22.4 Å². The number of aromatic nitrogens is 3. The molecule has 0 aliphatic heterocycles. The summed E-state index contributed by atoms with van der Waals surface area (Å²) < 4.78 is 5.23. The van der Waals surface area contributed by atoms with Crippen LogP contribution < -0.4 is 5.32 Å². The highest BCUT2D eigenvalue weighted by Gasteiger charge is 2.27. The van der Waals surface area contributed by atoms with Crippen LogP contribution in [0.1, 0.15) is 34.8 Å². The van der Waals surface area contributed by atoms with Crippen LogP contribution in [0.4, 0.5) is 5.69 Å². The van der Waals surface area contributed by atoms with Gasteiger partial charge in [-0.3, -0.25) is 9.78 Å². The van der Waals surface area contributed by atoms with Gasteiger partial charge in [0.15, 0.2) is 0 Å². The number of rotatable bonds is 4. The molecule has 0 saturated heterocycles. The normalized spacial score (nSPS) is 13.6. The molecule has 1 amide bonds. The van der Waals surface area contributed by atoms with Crippen LogP contribution in [-0.4, -0.2) is 21.1 Å². The molecule has 27 heavy (non-hydrogen) atoms. The molecule has 0 bridgehead atoms. The Balaban J connectivity index is 1.50. The van der Waals surface area contributed by atoms with E-state index in [0.717, 1.165) is 35.0 Å². The Bertz CT molecular complexity index is 1130. The predicted molar refractivity (Wildman–Crippen MR) is 101 cm³/mol. The topological polar surface area (TPSA) is 80.9 Å². The summed E-state index contributed by atoms with van der Waals surface area (Å²) in [7, 11) is 0. The molecule has 0 atom stereocenters. The minimum atomic E-state index is -0.154. The highest BCUT2D eigenvalue weighted by atomic mass is 16.4. The van der Waals surface area contributed by atoms with Gasteiger partial charge in [0, 0.05) is 28.2 Å². The second-order valence-corrected chi connectivity index (χ2v) is 6.66. The van der Waals surface area contributed by atoms with Gasteiger partial charge < -0.3 is 9.73 Å². The number of hydrogen-bond acceptors (Lipinski definition) is 5. The van der Waals surface area contributed by atoms with E-state index in [9.17, 15) is 4.79 Å². The Hall–Kier alpha value is -3.54. The first kappa shape index (κ1) is 15.7. The molecule has 5 rings (SSSR count). The molecule has 1 saturated carbocycles. The Morgan fingerprint density at radius 1 is 1.07 bits per heavy atom. The fourth-order valence-corrected chi connectivity index (χ4v) is 3.20. The molecule has 6 nitrogen and oxygen atoms in total. The lowest BCUT2D eigenvalue weighted by Gasteiger charge is -2.10. The van der Waals surface area contributed by atoms with Gasteiger partial charge in [0.25, 0.3) is 5.91 Å². The number of hydrogen-bond donors (Lipinski definition) is 1. The van der Waals surface area contributed by atoms with Gasteiger partial charge in [0.1, 0.15) is 0 Å². The first-order valence-electron chi connectivity index (χ1n) is 8.85. The van der Waals surface area contributed by atoms with Crippen LogP contribution in [-0.2, 0) is 0 Å². The fourth-order valence-electron chi connectivity index (χ4n) is 3.20. The number of fused-ring (bicyclic) bond motifs is 1. The summed E-state index contributed by atoms with van der Waals surface area (Å²) >= 11 is 0. The van der Waals surface area contributed by atoms with Gasteiger partial charge in [-0.2, -0.15) is 0 Å². The van der Waals surface area contributed by atoms with E-state index in [1.54, 1.807) is 0 Å². The van der Waals surface area contributed by atoms with Gasteiger partial charge in [0.05, 0.1) is 11.1 Å². The summed E-state index contributed by atoms with van der Waals surface area (Å²) in [6.07, 6.45) is 3.56. The SMILES string of the molecule is O=C(Nc1cccc(-c2nnco2)c1)c1cc(C2CC2)nc2ccccc12. The summed E-state index contributed by atoms with van der Waals surface area (Å²) in [5.41, 5.74) is 3.92. The summed E-state index contributed by atoms with van der Waals surface area (Å²) in [5, 5.41) is 11.4.